The minimum Gasteiger partial charge on any atom is -0.345 e. The summed E-state index contributed by atoms with van der Waals surface area (Å²) in [7, 11) is 1.85. The van der Waals surface area contributed by atoms with Crippen molar-refractivity contribution in [2.75, 3.05) is 13.6 Å². The number of amides is 1. The quantitative estimate of drug-likeness (QED) is 0.822. The number of likely N-dealkylation sites (N-methyl/N-ethyl adjacent to an activating group) is 1. The monoisotopic (exact) mass is 265 g/mol. The van der Waals surface area contributed by atoms with Crippen molar-refractivity contribution in [2.45, 2.75) is 52.7 Å². The molecule has 108 valence electrons. The normalized spacial score (nSPS) is 12.7. The fourth-order valence-electron chi connectivity index (χ4n) is 1.85. The maximum Gasteiger partial charge on any atom is 0.242 e. The van der Waals surface area contributed by atoms with Gasteiger partial charge in [0.05, 0.1) is 0 Å². The number of hydrogen-bond acceptors (Lipinski definition) is 2. The highest BCUT2D eigenvalue weighted by Crippen LogP contribution is 2.13. The van der Waals surface area contributed by atoms with Gasteiger partial charge in [-0.25, -0.2) is 0 Å². The highest BCUT2D eigenvalue weighted by molar-refractivity contribution is 5.76. The molecule has 0 radical (unpaired) electrons. The molecule has 1 unspecified atom stereocenters. The number of hydrogen-bond donors (Lipinski definition) is 1. The van der Waals surface area contributed by atoms with Crippen LogP contribution in [0.25, 0.3) is 0 Å². The van der Waals surface area contributed by atoms with E-state index in [4.69, 9.17) is 0 Å². The van der Waals surface area contributed by atoms with Gasteiger partial charge >= 0.3 is 0 Å². The Morgan fingerprint density at radius 3 is 2.68 bits per heavy atom. The van der Waals surface area contributed by atoms with Gasteiger partial charge in [-0.2, -0.15) is 0 Å². The van der Waals surface area contributed by atoms with Crippen LogP contribution in [0.15, 0.2) is 18.5 Å². The Kier molecular flexibility index (Phi) is 6.09. The third kappa shape index (κ3) is 4.71. The third-order valence-electron chi connectivity index (χ3n) is 3.46. The summed E-state index contributed by atoms with van der Waals surface area (Å²) in [6.45, 7) is 9.78. The molecule has 1 aromatic heterocycles. The molecule has 0 aliphatic rings. The zero-order valence-electron chi connectivity index (χ0n) is 12.8. The van der Waals surface area contributed by atoms with E-state index in [1.165, 1.54) is 5.56 Å². The Balaban J connectivity index is 2.57. The molecule has 1 aromatic rings. The molecule has 0 fully saturated rings. The van der Waals surface area contributed by atoms with Gasteiger partial charge in [0.1, 0.15) is 6.54 Å². The van der Waals surface area contributed by atoms with E-state index in [0.29, 0.717) is 12.6 Å². The summed E-state index contributed by atoms with van der Waals surface area (Å²) < 4.78 is 1.96. The first-order valence-electron chi connectivity index (χ1n) is 7.10. The van der Waals surface area contributed by atoms with Crippen molar-refractivity contribution in [3.05, 3.63) is 24.0 Å². The average molecular weight is 265 g/mol. The van der Waals surface area contributed by atoms with Crippen molar-refractivity contribution in [1.82, 2.24) is 14.8 Å². The molecule has 0 bridgehead atoms. The topological polar surface area (TPSA) is 37.3 Å². The van der Waals surface area contributed by atoms with Gasteiger partial charge < -0.3 is 14.8 Å². The summed E-state index contributed by atoms with van der Waals surface area (Å²) in [5, 5.41) is 3.45. The molecule has 0 spiro atoms. The van der Waals surface area contributed by atoms with Crippen LogP contribution < -0.4 is 5.32 Å². The molecule has 4 nitrogen and oxygen atoms in total. The SMILES string of the molecule is CCCNC(C)c1ccn(CC(=O)N(C)C(C)C)c1. The lowest BCUT2D eigenvalue weighted by atomic mass is 10.2. The predicted molar refractivity (Wildman–Crippen MR) is 79.0 cm³/mol. The number of rotatable bonds is 7. The van der Waals surface area contributed by atoms with E-state index in [1.807, 2.05) is 31.7 Å². The summed E-state index contributed by atoms with van der Waals surface area (Å²) in [5.74, 6) is 0.145. The van der Waals surface area contributed by atoms with E-state index < -0.39 is 0 Å². The minimum atomic E-state index is 0.145. The number of nitrogens with zero attached hydrogens (tertiary/aromatic N) is 2. The summed E-state index contributed by atoms with van der Waals surface area (Å²) >= 11 is 0. The van der Waals surface area contributed by atoms with Crippen molar-refractivity contribution in [2.24, 2.45) is 0 Å². The first-order valence-corrected chi connectivity index (χ1v) is 7.10. The van der Waals surface area contributed by atoms with E-state index in [0.717, 1.165) is 13.0 Å². The molecular formula is C15H27N3O. The first-order chi connectivity index (χ1) is 8.95. The van der Waals surface area contributed by atoms with Crippen molar-refractivity contribution in [3.8, 4) is 0 Å². The first kappa shape index (κ1) is 15.8. The van der Waals surface area contributed by atoms with Crippen LogP contribution in [0.5, 0.6) is 0 Å². The van der Waals surface area contributed by atoms with E-state index in [9.17, 15) is 4.79 Å². The Morgan fingerprint density at radius 1 is 1.42 bits per heavy atom. The fraction of sp³-hybridized carbons (Fsp3) is 0.667. The fourth-order valence-corrected chi connectivity index (χ4v) is 1.85. The smallest absolute Gasteiger partial charge is 0.242 e. The molecule has 1 rings (SSSR count). The van der Waals surface area contributed by atoms with Gasteiger partial charge in [-0.1, -0.05) is 6.92 Å². The zero-order chi connectivity index (χ0) is 14.4. The standard InChI is InChI=1S/C15H27N3O/c1-6-8-16-13(4)14-7-9-18(10-14)11-15(19)17(5)12(2)3/h7,9-10,12-13,16H,6,8,11H2,1-5H3. The lowest BCUT2D eigenvalue weighted by molar-refractivity contribution is -0.131. The molecule has 0 saturated heterocycles. The van der Waals surface area contributed by atoms with Gasteiger partial charge in [0, 0.05) is 31.5 Å². The second-order valence-corrected chi connectivity index (χ2v) is 5.39. The maximum atomic E-state index is 12.0. The van der Waals surface area contributed by atoms with Crippen LogP contribution in [0.2, 0.25) is 0 Å². The molecular weight excluding hydrogens is 238 g/mol. The van der Waals surface area contributed by atoms with Crippen molar-refractivity contribution >= 4 is 5.91 Å². The third-order valence-corrected chi connectivity index (χ3v) is 3.46. The number of aromatic nitrogens is 1. The van der Waals surface area contributed by atoms with Gasteiger partial charge in [0.15, 0.2) is 0 Å². The second-order valence-electron chi connectivity index (χ2n) is 5.39. The number of nitrogens with one attached hydrogen (secondary N) is 1. The molecule has 1 heterocycles. The van der Waals surface area contributed by atoms with Gasteiger partial charge in [-0.15, -0.1) is 0 Å². The van der Waals surface area contributed by atoms with Crippen LogP contribution >= 0.6 is 0 Å². The van der Waals surface area contributed by atoms with Crippen molar-refractivity contribution in [3.63, 3.8) is 0 Å². The number of carbonyl (C=O) groups excluding carboxylic acids is 1. The van der Waals surface area contributed by atoms with Gasteiger partial charge in [0.25, 0.3) is 0 Å². The van der Waals surface area contributed by atoms with Crippen LogP contribution in [0.1, 0.15) is 45.7 Å². The van der Waals surface area contributed by atoms with Crippen LogP contribution in [0.3, 0.4) is 0 Å². The lowest BCUT2D eigenvalue weighted by Crippen LogP contribution is -2.35. The maximum absolute atomic E-state index is 12.0. The van der Waals surface area contributed by atoms with Gasteiger partial charge in [-0.05, 0) is 45.4 Å². The highest BCUT2D eigenvalue weighted by Gasteiger charge is 2.13. The van der Waals surface area contributed by atoms with Gasteiger partial charge in [-0.3, -0.25) is 4.79 Å². The minimum absolute atomic E-state index is 0.145. The summed E-state index contributed by atoms with van der Waals surface area (Å²) in [4.78, 5) is 13.8. The Bertz CT molecular complexity index is 398. The van der Waals surface area contributed by atoms with Crippen LogP contribution in [-0.4, -0.2) is 35.0 Å². The molecule has 0 aromatic carbocycles. The van der Waals surface area contributed by atoms with E-state index in [2.05, 4.69) is 31.4 Å². The molecule has 4 heteroatoms. The molecule has 1 atom stereocenters. The largest absolute Gasteiger partial charge is 0.345 e. The van der Waals surface area contributed by atoms with Crippen LogP contribution in [-0.2, 0) is 11.3 Å². The Hall–Kier alpha value is -1.29. The van der Waals surface area contributed by atoms with Crippen molar-refractivity contribution < 1.29 is 4.79 Å². The predicted octanol–water partition coefficient (Wildman–Crippen LogP) is 2.42. The lowest BCUT2D eigenvalue weighted by Gasteiger charge is -2.21. The van der Waals surface area contributed by atoms with Crippen molar-refractivity contribution in [1.29, 1.82) is 0 Å². The molecule has 0 saturated carbocycles. The van der Waals surface area contributed by atoms with Gasteiger partial charge in [0.2, 0.25) is 5.91 Å². The second kappa shape index (κ2) is 7.34. The molecule has 1 amide bonds. The average Bonchev–Trinajstić information content (AvgIpc) is 2.83. The summed E-state index contributed by atoms with van der Waals surface area (Å²) in [6, 6.07) is 2.66. The number of carbonyl (C=O) groups is 1. The summed E-state index contributed by atoms with van der Waals surface area (Å²) in [6.07, 6.45) is 5.16. The zero-order valence-corrected chi connectivity index (χ0v) is 12.8. The Labute approximate surface area is 116 Å². The van der Waals surface area contributed by atoms with E-state index in [-0.39, 0.29) is 11.9 Å². The molecule has 0 aliphatic carbocycles. The molecule has 0 aliphatic heterocycles. The van der Waals surface area contributed by atoms with E-state index in [1.54, 1.807) is 4.90 Å². The highest BCUT2D eigenvalue weighted by atomic mass is 16.2. The Morgan fingerprint density at radius 2 is 2.11 bits per heavy atom. The van der Waals surface area contributed by atoms with Crippen LogP contribution in [0, 0.1) is 0 Å². The summed E-state index contributed by atoms with van der Waals surface area (Å²) in [5.41, 5.74) is 1.23. The molecule has 1 N–H and O–H groups in total. The van der Waals surface area contributed by atoms with E-state index >= 15 is 0 Å². The molecule has 19 heavy (non-hydrogen) atoms. The van der Waals surface area contributed by atoms with Crippen LogP contribution in [0.4, 0.5) is 0 Å².